The Labute approximate surface area is 167 Å². The van der Waals surface area contributed by atoms with Crippen LogP contribution in [0.2, 0.25) is 0 Å². The van der Waals surface area contributed by atoms with Crippen molar-refractivity contribution in [2.24, 2.45) is 0 Å². The first-order chi connectivity index (χ1) is 13.2. The molecule has 2 atom stereocenters. The number of benzene rings is 1. The van der Waals surface area contributed by atoms with Gasteiger partial charge in [0.2, 0.25) is 5.91 Å². The average molecular weight is 405 g/mol. The molecule has 1 aromatic carbocycles. The normalized spacial score (nSPS) is 23.3. The second-order valence-electron chi connectivity index (χ2n) is 7.19. The second-order valence-corrected chi connectivity index (χ2v) is 8.70. The van der Waals surface area contributed by atoms with Crippen molar-refractivity contribution in [1.29, 1.82) is 0 Å². The fourth-order valence-electron chi connectivity index (χ4n) is 3.50. The van der Waals surface area contributed by atoms with Gasteiger partial charge in [-0.3, -0.25) is 14.9 Å². The number of anilines is 1. The van der Waals surface area contributed by atoms with Crippen LogP contribution < -0.4 is 10.6 Å². The summed E-state index contributed by atoms with van der Waals surface area (Å²) < 4.78 is 5.04. The monoisotopic (exact) mass is 405 g/mol. The lowest BCUT2D eigenvalue weighted by Gasteiger charge is -2.29. The number of urea groups is 1. The summed E-state index contributed by atoms with van der Waals surface area (Å²) in [6, 6.07) is 4.11. The lowest BCUT2D eigenvalue weighted by atomic mass is 10.1. The van der Waals surface area contributed by atoms with Crippen molar-refractivity contribution in [3.8, 4) is 0 Å². The smallest absolute Gasteiger partial charge is 0.330 e. The lowest BCUT2D eigenvalue weighted by molar-refractivity contribution is -0.156. The van der Waals surface area contributed by atoms with E-state index in [2.05, 4.69) is 10.6 Å². The topological polar surface area (TPSA) is 105 Å². The fourth-order valence-corrected chi connectivity index (χ4v) is 4.91. The Hall–Kier alpha value is -2.55. The number of nitrogens with one attached hydrogen (secondary N) is 2. The van der Waals surface area contributed by atoms with Gasteiger partial charge in [0.25, 0.3) is 5.91 Å². The first kappa shape index (κ1) is 20.2. The molecule has 0 aromatic heterocycles. The molecule has 0 unspecified atom stereocenters. The predicted molar refractivity (Wildman–Crippen MR) is 105 cm³/mol. The summed E-state index contributed by atoms with van der Waals surface area (Å²) >= 11 is 1.54. The minimum absolute atomic E-state index is 0.0771. The first-order valence-corrected chi connectivity index (χ1v) is 9.99. The summed E-state index contributed by atoms with van der Waals surface area (Å²) in [4.78, 5) is 49.4. The second kappa shape index (κ2) is 7.83. The molecule has 4 amide bonds. The molecule has 0 aliphatic carbocycles. The molecule has 3 rings (SSSR count). The molecule has 2 saturated heterocycles. The molecule has 2 fully saturated rings. The van der Waals surface area contributed by atoms with Gasteiger partial charge in [-0.25, -0.2) is 9.59 Å². The van der Waals surface area contributed by atoms with Crippen molar-refractivity contribution in [2.45, 2.75) is 44.5 Å². The Morgan fingerprint density at radius 2 is 2.07 bits per heavy atom. The Bertz CT molecular complexity index is 843. The number of imide groups is 1. The van der Waals surface area contributed by atoms with Crippen molar-refractivity contribution >= 4 is 41.3 Å². The summed E-state index contributed by atoms with van der Waals surface area (Å²) in [6.45, 7) is 5.13. The number of carbonyl (C=O) groups excluding carboxylic acids is 4. The van der Waals surface area contributed by atoms with Gasteiger partial charge in [0.05, 0.1) is 4.87 Å². The van der Waals surface area contributed by atoms with Crippen molar-refractivity contribution in [3.63, 3.8) is 0 Å². The number of aryl methyl sites for hydroxylation is 2. The third kappa shape index (κ3) is 4.14. The van der Waals surface area contributed by atoms with Crippen LogP contribution in [0.25, 0.3) is 0 Å². The lowest BCUT2D eigenvalue weighted by Crippen LogP contribution is -2.47. The molecule has 0 radical (unpaired) electrons. The summed E-state index contributed by atoms with van der Waals surface area (Å²) in [5, 5.41) is 4.71. The number of fused-ring (bicyclic) bond motifs is 1. The zero-order valence-corrected chi connectivity index (χ0v) is 16.9. The van der Waals surface area contributed by atoms with Crippen LogP contribution in [0.4, 0.5) is 10.5 Å². The van der Waals surface area contributed by atoms with Crippen LogP contribution >= 0.6 is 11.8 Å². The van der Waals surface area contributed by atoms with Gasteiger partial charge < -0.3 is 15.0 Å². The van der Waals surface area contributed by atoms with Crippen molar-refractivity contribution in [3.05, 3.63) is 29.3 Å². The zero-order valence-electron chi connectivity index (χ0n) is 16.0. The summed E-state index contributed by atoms with van der Waals surface area (Å²) in [6.07, 6.45) is 1.10. The highest BCUT2D eigenvalue weighted by Gasteiger charge is 2.53. The quantitative estimate of drug-likeness (QED) is 0.742. The van der Waals surface area contributed by atoms with E-state index in [1.54, 1.807) is 22.7 Å². The maximum atomic E-state index is 12.3. The van der Waals surface area contributed by atoms with Gasteiger partial charge in [0.15, 0.2) is 6.61 Å². The Balaban J connectivity index is 1.48. The number of rotatable bonds is 4. The van der Waals surface area contributed by atoms with Gasteiger partial charge in [0, 0.05) is 17.9 Å². The number of ether oxygens (including phenoxy) is 1. The highest BCUT2D eigenvalue weighted by molar-refractivity contribution is 8.01. The van der Waals surface area contributed by atoms with Gasteiger partial charge >= 0.3 is 12.0 Å². The fraction of sp³-hybridized carbons (Fsp3) is 0.474. The third-order valence-corrected chi connectivity index (χ3v) is 6.45. The summed E-state index contributed by atoms with van der Waals surface area (Å²) in [7, 11) is 0. The van der Waals surface area contributed by atoms with Gasteiger partial charge in [-0.2, -0.15) is 0 Å². The molecule has 150 valence electrons. The minimum atomic E-state index is -0.739. The van der Waals surface area contributed by atoms with Gasteiger partial charge in [0.1, 0.15) is 6.04 Å². The number of amides is 4. The maximum Gasteiger partial charge on any atom is 0.330 e. The number of carbonyl (C=O) groups is 4. The summed E-state index contributed by atoms with van der Waals surface area (Å²) in [5.41, 5.74) is 2.51. The molecular formula is C19H23N3O5S. The Morgan fingerprint density at radius 1 is 1.32 bits per heavy atom. The van der Waals surface area contributed by atoms with E-state index in [4.69, 9.17) is 4.74 Å². The molecular weight excluding hydrogens is 382 g/mol. The van der Waals surface area contributed by atoms with E-state index >= 15 is 0 Å². The average Bonchev–Trinajstić information content (AvgIpc) is 3.11. The molecule has 1 aromatic rings. The molecule has 0 bridgehead atoms. The van der Waals surface area contributed by atoms with Gasteiger partial charge in [-0.15, -0.1) is 11.8 Å². The molecule has 2 aliphatic heterocycles. The maximum absolute atomic E-state index is 12.3. The Kier molecular flexibility index (Phi) is 5.64. The molecule has 8 nitrogen and oxygen atoms in total. The van der Waals surface area contributed by atoms with Gasteiger partial charge in [-0.1, -0.05) is 17.7 Å². The van der Waals surface area contributed by atoms with Crippen LogP contribution in [-0.2, 0) is 19.1 Å². The number of nitrogens with zero attached hydrogens (tertiary/aromatic N) is 1. The van der Waals surface area contributed by atoms with Crippen LogP contribution in [0, 0.1) is 13.8 Å². The van der Waals surface area contributed by atoms with E-state index in [-0.39, 0.29) is 10.8 Å². The van der Waals surface area contributed by atoms with Crippen molar-refractivity contribution in [1.82, 2.24) is 10.2 Å². The van der Waals surface area contributed by atoms with E-state index in [1.165, 1.54) is 0 Å². The largest absolute Gasteiger partial charge is 0.454 e. The molecule has 28 heavy (non-hydrogen) atoms. The highest BCUT2D eigenvalue weighted by atomic mass is 32.2. The van der Waals surface area contributed by atoms with Gasteiger partial charge in [-0.05, 0) is 38.8 Å². The molecule has 2 N–H and O–H groups in total. The third-order valence-electron chi connectivity index (χ3n) is 4.95. The van der Waals surface area contributed by atoms with E-state index in [0.717, 1.165) is 11.1 Å². The van der Waals surface area contributed by atoms with E-state index in [0.29, 0.717) is 24.3 Å². The first-order valence-electron chi connectivity index (χ1n) is 9.00. The van der Waals surface area contributed by atoms with Crippen LogP contribution in [-0.4, -0.2) is 52.0 Å². The van der Waals surface area contributed by atoms with Crippen molar-refractivity contribution < 1.29 is 23.9 Å². The predicted octanol–water partition coefficient (Wildman–Crippen LogP) is 1.95. The molecule has 9 heteroatoms. The number of hydrogen-bond donors (Lipinski definition) is 2. The van der Waals surface area contributed by atoms with Crippen LogP contribution in [0.15, 0.2) is 18.2 Å². The number of hydrogen-bond acceptors (Lipinski definition) is 6. The van der Waals surface area contributed by atoms with E-state index < -0.39 is 30.6 Å². The van der Waals surface area contributed by atoms with E-state index in [9.17, 15) is 19.2 Å². The Morgan fingerprint density at radius 3 is 2.79 bits per heavy atom. The molecule has 0 spiro atoms. The van der Waals surface area contributed by atoms with Crippen molar-refractivity contribution in [2.75, 3.05) is 17.7 Å². The SMILES string of the molecule is Cc1ccc(NC(=O)NC(=O)COC(=O)[C@@H]2CS[C@@]3(C)CCC(=O)N23)c(C)c1. The van der Waals surface area contributed by atoms with Crippen LogP contribution in [0.1, 0.15) is 30.9 Å². The number of thioether (sulfide) groups is 1. The van der Waals surface area contributed by atoms with Crippen LogP contribution in [0.3, 0.4) is 0 Å². The highest BCUT2D eigenvalue weighted by Crippen LogP contribution is 2.47. The minimum Gasteiger partial charge on any atom is -0.454 e. The molecule has 2 heterocycles. The molecule has 2 aliphatic rings. The summed E-state index contributed by atoms with van der Waals surface area (Å²) in [5.74, 6) is -1.00. The number of esters is 1. The van der Waals surface area contributed by atoms with Crippen LogP contribution in [0.5, 0.6) is 0 Å². The molecule has 0 saturated carbocycles. The zero-order chi connectivity index (χ0) is 20.5. The standard InChI is InChI=1S/C19H23N3O5S/c1-11-4-5-13(12(2)8-11)20-18(26)21-15(23)9-27-17(25)14-10-28-19(3)7-6-16(24)22(14)19/h4-5,8,14H,6-7,9-10H2,1-3H3,(H2,20,21,23,26)/t14-,19-/m0/s1. The van der Waals surface area contributed by atoms with E-state index in [1.807, 2.05) is 32.9 Å².